The molecule has 0 spiro atoms. The highest BCUT2D eigenvalue weighted by Crippen LogP contribution is 2.47. The van der Waals surface area contributed by atoms with Crippen molar-refractivity contribution in [2.45, 2.75) is 24.3 Å². The lowest BCUT2D eigenvalue weighted by atomic mass is 10.0. The van der Waals surface area contributed by atoms with Gasteiger partial charge in [0.05, 0.1) is 17.3 Å². The van der Waals surface area contributed by atoms with Crippen LogP contribution in [-0.2, 0) is 0 Å². The molecule has 6 nitrogen and oxygen atoms in total. The Labute approximate surface area is 172 Å². The van der Waals surface area contributed by atoms with Crippen molar-refractivity contribution in [3.63, 3.8) is 0 Å². The second-order valence-corrected chi connectivity index (χ2v) is 8.70. The standard InChI is InChI=1S/C22H20N4O2S/c1-14-13-26-20(19(24-22(26)29-14)17-8-2-3-10-23-17)18-9-5-11-25(18)16-7-4-6-15(12-16)21(27)28/h2-12,14,19-20H,13H2,1H3,(H,27,28)/t14-,19-,20+/m1/s1. The number of thioether (sulfide) groups is 1. The minimum atomic E-state index is -0.928. The maximum absolute atomic E-state index is 11.4. The fourth-order valence-corrected chi connectivity index (χ4v) is 5.19. The Morgan fingerprint density at radius 1 is 1.17 bits per heavy atom. The van der Waals surface area contributed by atoms with Gasteiger partial charge in [-0.15, -0.1) is 0 Å². The van der Waals surface area contributed by atoms with Crippen molar-refractivity contribution in [3.05, 3.63) is 83.9 Å². The second kappa shape index (κ2) is 7.08. The molecule has 4 heterocycles. The number of aromatic nitrogens is 2. The van der Waals surface area contributed by atoms with Gasteiger partial charge in [0.15, 0.2) is 5.17 Å². The summed E-state index contributed by atoms with van der Waals surface area (Å²) in [6.07, 6.45) is 3.79. The van der Waals surface area contributed by atoms with Crippen LogP contribution in [0.15, 0.2) is 72.0 Å². The molecule has 0 unspecified atom stereocenters. The van der Waals surface area contributed by atoms with E-state index in [-0.39, 0.29) is 17.6 Å². The van der Waals surface area contributed by atoms with Gasteiger partial charge >= 0.3 is 5.97 Å². The molecule has 1 fully saturated rings. The minimum absolute atomic E-state index is 0.0147. The lowest BCUT2D eigenvalue weighted by Crippen LogP contribution is -2.30. The van der Waals surface area contributed by atoms with Gasteiger partial charge in [0.2, 0.25) is 0 Å². The van der Waals surface area contributed by atoms with Crippen LogP contribution in [0.3, 0.4) is 0 Å². The Bertz CT molecular complexity index is 1090. The van der Waals surface area contributed by atoms with Crippen molar-refractivity contribution in [2.24, 2.45) is 4.99 Å². The molecule has 2 aliphatic heterocycles. The third-order valence-corrected chi connectivity index (χ3v) is 6.44. The lowest BCUT2D eigenvalue weighted by molar-refractivity contribution is 0.0697. The number of aromatic carboxylic acids is 1. The summed E-state index contributed by atoms with van der Waals surface area (Å²) in [6, 6.07) is 17.0. The van der Waals surface area contributed by atoms with Crippen LogP contribution in [-0.4, -0.2) is 42.5 Å². The molecule has 0 bridgehead atoms. The molecule has 3 aromatic rings. The summed E-state index contributed by atoms with van der Waals surface area (Å²) in [5.74, 6) is -0.928. The number of carboxylic acid groups (broad SMARTS) is 1. The number of hydrogen-bond acceptors (Lipinski definition) is 5. The van der Waals surface area contributed by atoms with E-state index in [1.807, 2.05) is 36.5 Å². The van der Waals surface area contributed by atoms with Crippen LogP contribution in [0.5, 0.6) is 0 Å². The summed E-state index contributed by atoms with van der Waals surface area (Å²) in [4.78, 5) is 23.4. The predicted molar refractivity (Wildman–Crippen MR) is 114 cm³/mol. The van der Waals surface area contributed by atoms with E-state index in [4.69, 9.17) is 4.99 Å². The van der Waals surface area contributed by atoms with Crippen LogP contribution < -0.4 is 0 Å². The molecular weight excluding hydrogens is 384 g/mol. The first-order valence-electron chi connectivity index (χ1n) is 9.55. The van der Waals surface area contributed by atoms with Crippen molar-refractivity contribution in [1.29, 1.82) is 0 Å². The molecule has 0 amide bonds. The normalized spacial score (nSPS) is 23.1. The maximum Gasteiger partial charge on any atom is 0.335 e. The van der Waals surface area contributed by atoms with Gasteiger partial charge in [0.25, 0.3) is 0 Å². The van der Waals surface area contributed by atoms with E-state index in [1.54, 1.807) is 36.2 Å². The molecular formula is C22H20N4O2S. The predicted octanol–water partition coefficient (Wildman–Crippen LogP) is 4.16. The highest BCUT2D eigenvalue weighted by atomic mass is 32.2. The molecule has 0 aliphatic carbocycles. The smallest absolute Gasteiger partial charge is 0.335 e. The molecule has 7 heteroatoms. The van der Waals surface area contributed by atoms with Gasteiger partial charge in [-0.25, -0.2) is 4.79 Å². The lowest BCUT2D eigenvalue weighted by Gasteiger charge is -2.28. The van der Waals surface area contributed by atoms with Crippen molar-refractivity contribution >= 4 is 22.9 Å². The number of carboxylic acids is 1. The van der Waals surface area contributed by atoms with E-state index in [2.05, 4.69) is 27.4 Å². The van der Waals surface area contributed by atoms with E-state index in [1.165, 1.54) is 0 Å². The Hall–Kier alpha value is -3.06. The number of rotatable bonds is 4. The largest absolute Gasteiger partial charge is 0.478 e. The van der Waals surface area contributed by atoms with E-state index >= 15 is 0 Å². The van der Waals surface area contributed by atoms with Crippen LogP contribution in [0.4, 0.5) is 0 Å². The molecule has 29 heavy (non-hydrogen) atoms. The first-order valence-corrected chi connectivity index (χ1v) is 10.4. The Morgan fingerprint density at radius 3 is 2.86 bits per heavy atom. The highest BCUT2D eigenvalue weighted by Gasteiger charge is 2.44. The van der Waals surface area contributed by atoms with Gasteiger partial charge in [0, 0.05) is 35.6 Å². The fourth-order valence-electron chi connectivity index (χ4n) is 4.10. The van der Waals surface area contributed by atoms with Gasteiger partial charge in [-0.2, -0.15) is 0 Å². The van der Waals surface area contributed by atoms with Crippen LogP contribution in [0.1, 0.15) is 40.8 Å². The highest BCUT2D eigenvalue weighted by molar-refractivity contribution is 8.14. The Balaban J connectivity index is 1.60. The SMILES string of the molecule is C[C@@H]1CN2C(=N[C@H](c3ccccn3)[C@@H]2c2cccn2-c2cccc(C(=O)O)c2)S1. The van der Waals surface area contributed by atoms with Gasteiger partial charge in [-0.05, 0) is 42.5 Å². The molecule has 0 saturated carbocycles. The fraction of sp³-hybridized carbons (Fsp3) is 0.227. The van der Waals surface area contributed by atoms with Gasteiger partial charge < -0.3 is 14.6 Å². The number of carbonyl (C=O) groups is 1. The number of aliphatic imine (C=N–C) groups is 1. The third-order valence-electron chi connectivity index (χ3n) is 5.34. The summed E-state index contributed by atoms with van der Waals surface area (Å²) in [5, 5.41) is 10.9. The molecule has 3 atom stereocenters. The van der Waals surface area contributed by atoms with Gasteiger partial charge in [0.1, 0.15) is 6.04 Å². The molecule has 146 valence electrons. The zero-order valence-corrected chi connectivity index (χ0v) is 16.7. The van der Waals surface area contributed by atoms with E-state index < -0.39 is 5.97 Å². The average molecular weight is 404 g/mol. The van der Waals surface area contributed by atoms with Crippen molar-refractivity contribution in [3.8, 4) is 5.69 Å². The first-order chi connectivity index (χ1) is 14.1. The molecule has 1 N–H and O–H groups in total. The summed E-state index contributed by atoms with van der Waals surface area (Å²) < 4.78 is 2.07. The Kier molecular flexibility index (Phi) is 4.39. The van der Waals surface area contributed by atoms with Gasteiger partial charge in [-0.3, -0.25) is 9.98 Å². The van der Waals surface area contributed by atoms with E-state index in [0.29, 0.717) is 5.25 Å². The molecule has 5 rings (SSSR count). The summed E-state index contributed by atoms with van der Waals surface area (Å²) >= 11 is 1.80. The third kappa shape index (κ3) is 3.11. The number of fused-ring (bicyclic) bond motifs is 1. The van der Waals surface area contributed by atoms with Crippen molar-refractivity contribution in [2.75, 3.05) is 6.54 Å². The number of nitrogens with zero attached hydrogens (tertiary/aromatic N) is 4. The van der Waals surface area contributed by atoms with Gasteiger partial charge in [-0.1, -0.05) is 30.8 Å². The zero-order valence-electron chi connectivity index (χ0n) is 15.8. The molecule has 1 saturated heterocycles. The first kappa shape index (κ1) is 18.0. The quantitative estimate of drug-likeness (QED) is 0.707. The number of hydrogen-bond donors (Lipinski definition) is 1. The maximum atomic E-state index is 11.4. The van der Waals surface area contributed by atoms with E-state index in [9.17, 15) is 9.90 Å². The van der Waals surface area contributed by atoms with Crippen LogP contribution in [0.2, 0.25) is 0 Å². The molecule has 2 aromatic heterocycles. The minimum Gasteiger partial charge on any atom is -0.478 e. The van der Waals surface area contributed by atoms with E-state index in [0.717, 1.165) is 28.8 Å². The summed E-state index contributed by atoms with van der Waals surface area (Å²) in [7, 11) is 0. The molecule has 0 radical (unpaired) electrons. The van der Waals surface area contributed by atoms with Crippen molar-refractivity contribution in [1.82, 2.24) is 14.5 Å². The van der Waals surface area contributed by atoms with Crippen LogP contribution in [0, 0.1) is 0 Å². The molecule has 2 aliphatic rings. The van der Waals surface area contributed by atoms with Crippen molar-refractivity contribution < 1.29 is 9.90 Å². The van der Waals surface area contributed by atoms with Crippen LogP contribution in [0.25, 0.3) is 5.69 Å². The van der Waals surface area contributed by atoms with Crippen LogP contribution >= 0.6 is 11.8 Å². The number of benzene rings is 1. The number of pyridine rings is 1. The zero-order chi connectivity index (χ0) is 20.0. The number of amidine groups is 1. The second-order valence-electron chi connectivity index (χ2n) is 7.30. The summed E-state index contributed by atoms with van der Waals surface area (Å²) in [5.41, 5.74) is 3.13. The molecule has 1 aromatic carbocycles. The topological polar surface area (TPSA) is 70.7 Å². The monoisotopic (exact) mass is 404 g/mol. The average Bonchev–Trinajstić information content (AvgIpc) is 3.42. The summed E-state index contributed by atoms with van der Waals surface area (Å²) in [6.45, 7) is 3.14. The Morgan fingerprint density at radius 2 is 2.07 bits per heavy atom.